The molecule has 0 aliphatic rings. The topological polar surface area (TPSA) is 44.5 Å². The zero-order valence-corrected chi connectivity index (χ0v) is 9.27. The lowest BCUT2D eigenvalue weighted by Gasteiger charge is -2.00. The number of ether oxygens (including phenoxy) is 2. The third-order valence-corrected chi connectivity index (χ3v) is 2.09. The average molecular weight is 219 g/mol. The van der Waals surface area contributed by atoms with E-state index in [1.54, 1.807) is 13.3 Å². The van der Waals surface area contributed by atoms with Gasteiger partial charge in [0, 0.05) is 5.56 Å². The molecular weight excluding hydrogens is 206 g/mol. The number of aromatic nitrogens is 1. The van der Waals surface area contributed by atoms with Crippen LogP contribution in [0, 0.1) is 0 Å². The maximum atomic E-state index is 5.42. The fraction of sp³-hybridized carbons (Fsp3) is 0.250. The highest BCUT2D eigenvalue weighted by atomic mass is 16.6. The maximum Gasteiger partial charge on any atom is 0.305 e. The Hall–Kier alpha value is -1.97. The van der Waals surface area contributed by atoms with Gasteiger partial charge in [-0.3, -0.25) is 0 Å². The molecule has 0 aliphatic carbocycles. The first-order chi connectivity index (χ1) is 7.83. The van der Waals surface area contributed by atoms with Crippen LogP contribution in [0.25, 0.3) is 11.5 Å². The molecule has 1 heterocycles. The van der Waals surface area contributed by atoms with E-state index in [2.05, 4.69) is 4.98 Å². The van der Waals surface area contributed by atoms with Crippen LogP contribution in [0.4, 0.5) is 0 Å². The minimum Gasteiger partial charge on any atom is -0.497 e. The Bertz CT molecular complexity index is 465. The summed E-state index contributed by atoms with van der Waals surface area (Å²) in [4.78, 5) is 4.13. The number of nitrogens with zero attached hydrogens (tertiary/aromatic N) is 1. The lowest BCUT2D eigenvalue weighted by molar-refractivity contribution is 0.260. The van der Waals surface area contributed by atoms with Crippen LogP contribution in [0.15, 0.2) is 34.9 Å². The van der Waals surface area contributed by atoms with Gasteiger partial charge in [-0.25, -0.2) is 4.98 Å². The minimum atomic E-state index is 0.431. The van der Waals surface area contributed by atoms with E-state index < -0.39 is 0 Å². The number of methoxy groups -OCH3 is 1. The van der Waals surface area contributed by atoms with Crippen molar-refractivity contribution in [1.29, 1.82) is 0 Å². The van der Waals surface area contributed by atoms with Gasteiger partial charge in [-0.2, -0.15) is 0 Å². The predicted octanol–water partition coefficient (Wildman–Crippen LogP) is 2.75. The molecular formula is C12H13NO3. The van der Waals surface area contributed by atoms with Crippen molar-refractivity contribution < 1.29 is 13.9 Å². The second kappa shape index (κ2) is 4.70. The molecule has 4 heteroatoms. The van der Waals surface area contributed by atoms with Gasteiger partial charge in [-0.15, -0.1) is 0 Å². The number of hydrogen-bond donors (Lipinski definition) is 0. The van der Waals surface area contributed by atoms with Crippen LogP contribution < -0.4 is 9.47 Å². The number of rotatable bonds is 4. The monoisotopic (exact) mass is 219 g/mol. The average Bonchev–Trinajstić information content (AvgIpc) is 2.78. The zero-order valence-electron chi connectivity index (χ0n) is 9.27. The van der Waals surface area contributed by atoms with Crippen molar-refractivity contribution in [3.05, 3.63) is 30.5 Å². The van der Waals surface area contributed by atoms with Gasteiger partial charge in [0.25, 0.3) is 0 Å². The summed E-state index contributed by atoms with van der Waals surface area (Å²) in [7, 11) is 1.63. The summed E-state index contributed by atoms with van der Waals surface area (Å²) in [5.41, 5.74) is 0.866. The van der Waals surface area contributed by atoms with Crippen LogP contribution in [0.2, 0.25) is 0 Å². The Morgan fingerprint density at radius 1 is 1.38 bits per heavy atom. The molecule has 0 bridgehead atoms. The summed E-state index contributed by atoms with van der Waals surface area (Å²) >= 11 is 0. The van der Waals surface area contributed by atoms with E-state index in [9.17, 15) is 0 Å². The zero-order chi connectivity index (χ0) is 11.4. The van der Waals surface area contributed by atoms with Crippen molar-refractivity contribution in [2.45, 2.75) is 6.92 Å². The highest BCUT2D eigenvalue weighted by Crippen LogP contribution is 2.25. The van der Waals surface area contributed by atoms with E-state index >= 15 is 0 Å². The van der Waals surface area contributed by atoms with Crippen molar-refractivity contribution in [1.82, 2.24) is 4.98 Å². The van der Waals surface area contributed by atoms with Crippen LogP contribution in [0.5, 0.6) is 11.7 Å². The Morgan fingerprint density at radius 2 is 2.25 bits per heavy atom. The molecule has 2 rings (SSSR count). The Balaban J connectivity index is 2.27. The molecule has 0 unspecified atom stereocenters. The first-order valence-corrected chi connectivity index (χ1v) is 5.06. The number of hydrogen-bond acceptors (Lipinski definition) is 4. The summed E-state index contributed by atoms with van der Waals surface area (Å²) < 4.78 is 15.8. The molecule has 0 N–H and O–H groups in total. The van der Waals surface area contributed by atoms with Gasteiger partial charge in [-0.05, 0) is 25.1 Å². The fourth-order valence-corrected chi connectivity index (χ4v) is 1.36. The third-order valence-electron chi connectivity index (χ3n) is 2.09. The maximum absolute atomic E-state index is 5.42. The highest BCUT2D eigenvalue weighted by molar-refractivity contribution is 5.56. The second-order valence-electron chi connectivity index (χ2n) is 3.15. The molecule has 1 aromatic heterocycles. The van der Waals surface area contributed by atoms with Crippen molar-refractivity contribution in [2.24, 2.45) is 0 Å². The standard InChI is InChI=1S/C12H13NO3/c1-3-15-11-8-13-12(16-11)9-5-4-6-10(7-9)14-2/h4-8H,3H2,1-2H3. The number of oxazole rings is 1. The van der Waals surface area contributed by atoms with Gasteiger partial charge in [0.1, 0.15) is 11.9 Å². The van der Waals surface area contributed by atoms with E-state index in [1.165, 1.54) is 0 Å². The normalized spacial score (nSPS) is 10.1. The minimum absolute atomic E-state index is 0.431. The molecule has 0 atom stereocenters. The van der Waals surface area contributed by atoms with E-state index in [4.69, 9.17) is 13.9 Å². The lowest BCUT2D eigenvalue weighted by atomic mass is 10.2. The van der Waals surface area contributed by atoms with Crippen LogP contribution in [-0.4, -0.2) is 18.7 Å². The molecule has 0 fully saturated rings. The first kappa shape index (κ1) is 10.5. The van der Waals surface area contributed by atoms with Gasteiger partial charge >= 0.3 is 5.95 Å². The molecule has 4 nitrogen and oxygen atoms in total. The van der Waals surface area contributed by atoms with Gasteiger partial charge in [0.15, 0.2) is 0 Å². The van der Waals surface area contributed by atoms with Crippen molar-refractivity contribution in [3.63, 3.8) is 0 Å². The third kappa shape index (κ3) is 2.16. The van der Waals surface area contributed by atoms with Crippen molar-refractivity contribution in [2.75, 3.05) is 13.7 Å². The van der Waals surface area contributed by atoms with Crippen LogP contribution in [0.3, 0.4) is 0 Å². The molecule has 0 saturated carbocycles. The molecule has 0 spiro atoms. The fourth-order valence-electron chi connectivity index (χ4n) is 1.36. The molecule has 1 aromatic carbocycles. The number of benzene rings is 1. The molecule has 16 heavy (non-hydrogen) atoms. The van der Waals surface area contributed by atoms with Gasteiger partial charge in [0.2, 0.25) is 5.89 Å². The molecule has 84 valence electrons. The molecule has 0 saturated heterocycles. The van der Waals surface area contributed by atoms with E-state index in [-0.39, 0.29) is 0 Å². The molecule has 0 amide bonds. The van der Waals surface area contributed by atoms with Crippen molar-refractivity contribution >= 4 is 0 Å². The van der Waals surface area contributed by atoms with E-state index in [0.29, 0.717) is 18.4 Å². The first-order valence-electron chi connectivity index (χ1n) is 5.06. The highest BCUT2D eigenvalue weighted by Gasteiger charge is 2.07. The SMILES string of the molecule is CCOc1cnc(-c2cccc(OC)c2)o1. The summed E-state index contributed by atoms with van der Waals surface area (Å²) in [5, 5.41) is 0. The predicted molar refractivity (Wildman–Crippen MR) is 59.7 cm³/mol. The van der Waals surface area contributed by atoms with Gasteiger partial charge in [-0.1, -0.05) is 6.07 Å². The van der Waals surface area contributed by atoms with E-state index in [1.807, 2.05) is 31.2 Å². The van der Waals surface area contributed by atoms with E-state index in [0.717, 1.165) is 11.3 Å². The second-order valence-corrected chi connectivity index (χ2v) is 3.15. The molecule has 0 radical (unpaired) electrons. The Kier molecular flexibility index (Phi) is 3.10. The summed E-state index contributed by atoms with van der Waals surface area (Å²) in [6.07, 6.45) is 1.57. The summed E-state index contributed by atoms with van der Waals surface area (Å²) in [5.74, 6) is 1.73. The van der Waals surface area contributed by atoms with Crippen molar-refractivity contribution in [3.8, 4) is 23.1 Å². The Labute approximate surface area is 93.8 Å². The molecule has 2 aromatic rings. The van der Waals surface area contributed by atoms with Gasteiger partial charge < -0.3 is 13.9 Å². The summed E-state index contributed by atoms with van der Waals surface area (Å²) in [6, 6.07) is 7.53. The van der Waals surface area contributed by atoms with Crippen LogP contribution >= 0.6 is 0 Å². The largest absolute Gasteiger partial charge is 0.497 e. The molecule has 0 aliphatic heterocycles. The Morgan fingerprint density at radius 3 is 3.00 bits per heavy atom. The summed E-state index contributed by atoms with van der Waals surface area (Å²) in [6.45, 7) is 2.46. The quantitative estimate of drug-likeness (QED) is 0.793. The van der Waals surface area contributed by atoms with Crippen LogP contribution in [0.1, 0.15) is 6.92 Å². The lowest BCUT2D eigenvalue weighted by Crippen LogP contribution is -1.88. The van der Waals surface area contributed by atoms with Crippen LogP contribution in [-0.2, 0) is 0 Å². The van der Waals surface area contributed by atoms with Gasteiger partial charge in [0.05, 0.1) is 13.7 Å². The smallest absolute Gasteiger partial charge is 0.305 e.